The minimum absolute atomic E-state index is 0.0348. The van der Waals surface area contributed by atoms with Crippen molar-refractivity contribution < 1.29 is 4.42 Å². The van der Waals surface area contributed by atoms with Gasteiger partial charge in [-0.1, -0.05) is 37.6 Å². The molecule has 0 aliphatic heterocycles. The van der Waals surface area contributed by atoms with Gasteiger partial charge in [-0.2, -0.15) is 0 Å². The summed E-state index contributed by atoms with van der Waals surface area (Å²) in [6, 6.07) is 11.8. The smallest absolute Gasteiger partial charge is 0.191 e. The molecule has 0 bridgehead atoms. The number of guanidine groups is 1. The molecule has 2 rings (SSSR count). The van der Waals surface area contributed by atoms with E-state index in [4.69, 9.17) is 16.0 Å². The third-order valence-corrected chi connectivity index (χ3v) is 3.81. The first kappa shape index (κ1) is 16.4. The van der Waals surface area contributed by atoms with Gasteiger partial charge in [0.05, 0.1) is 12.8 Å². The van der Waals surface area contributed by atoms with Gasteiger partial charge in [-0.25, -0.2) is 0 Å². The molecule has 4 nitrogen and oxygen atoms in total. The van der Waals surface area contributed by atoms with Crippen LogP contribution < -0.4 is 10.6 Å². The molecular formula is C17H22ClN3O. The van der Waals surface area contributed by atoms with Gasteiger partial charge in [0.15, 0.2) is 5.96 Å². The van der Waals surface area contributed by atoms with Crippen LogP contribution in [0, 0.1) is 0 Å². The maximum atomic E-state index is 5.95. The zero-order valence-electron chi connectivity index (χ0n) is 13.2. The van der Waals surface area contributed by atoms with Crippen LogP contribution in [0.15, 0.2) is 52.1 Å². The van der Waals surface area contributed by atoms with Crippen LogP contribution in [0.25, 0.3) is 0 Å². The van der Waals surface area contributed by atoms with E-state index in [0.29, 0.717) is 6.54 Å². The lowest BCUT2D eigenvalue weighted by atomic mass is 9.85. The van der Waals surface area contributed by atoms with Crippen molar-refractivity contribution in [3.05, 3.63) is 59.0 Å². The molecule has 0 spiro atoms. The van der Waals surface area contributed by atoms with Crippen LogP contribution >= 0.6 is 11.6 Å². The summed E-state index contributed by atoms with van der Waals surface area (Å²) in [6.45, 7) is 5.73. The molecule has 1 aromatic heterocycles. The molecule has 1 aromatic carbocycles. The number of halogens is 1. The minimum atomic E-state index is -0.0348. The summed E-state index contributed by atoms with van der Waals surface area (Å²) in [4.78, 5) is 4.23. The van der Waals surface area contributed by atoms with Crippen molar-refractivity contribution >= 4 is 17.6 Å². The van der Waals surface area contributed by atoms with Crippen LogP contribution in [0.5, 0.6) is 0 Å². The van der Waals surface area contributed by atoms with Gasteiger partial charge in [-0.05, 0) is 29.8 Å². The number of furan rings is 1. The lowest BCUT2D eigenvalue weighted by Gasteiger charge is -2.26. The molecule has 0 saturated carbocycles. The summed E-state index contributed by atoms with van der Waals surface area (Å²) in [5.74, 6) is 1.62. The standard InChI is InChI=1S/C17H22ClN3O/c1-17(2,13-6-8-14(18)9-7-13)12-21-16(19-3)20-11-15-5-4-10-22-15/h4-10H,11-12H2,1-3H3,(H2,19,20,21). The minimum Gasteiger partial charge on any atom is -0.467 e. The third-order valence-electron chi connectivity index (χ3n) is 3.56. The molecule has 0 aliphatic rings. The van der Waals surface area contributed by atoms with E-state index in [-0.39, 0.29) is 5.41 Å². The van der Waals surface area contributed by atoms with Gasteiger partial charge in [0.25, 0.3) is 0 Å². The second-order valence-corrected chi connectivity index (χ2v) is 6.19. The number of hydrogen-bond acceptors (Lipinski definition) is 2. The fourth-order valence-corrected chi connectivity index (χ4v) is 2.24. The number of nitrogens with zero attached hydrogens (tertiary/aromatic N) is 1. The first-order valence-corrected chi connectivity index (χ1v) is 7.62. The number of hydrogen-bond donors (Lipinski definition) is 2. The summed E-state index contributed by atoms with van der Waals surface area (Å²) in [5.41, 5.74) is 1.19. The molecular weight excluding hydrogens is 298 g/mol. The van der Waals surface area contributed by atoms with Crippen molar-refractivity contribution in [2.24, 2.45) is 4.99 Å². The highest BCUT2D eigenvalue weighted by Crippen LogP contribution is 2.23. The number of nitrogens with one attached hydrogen (secondary N) is 2. The van der Waals surface area contributed by atoms with E-state index in [1.165, 1.54) is 5.56 Å². The maximum absolute atomic E-state index is 5.95. The molecule has 0 radical (unpaired) electrons. The quantitative estimate of drug-likeness (QED) is 0.654. The molecule has 2 aromatic rings. The van der Waals surface area contributed by atoms with Crippen LogP contribution in [-0.4, -0.2) is 19.6 Å². The summed E-state index contributed by atoms with van der Waals surface area (Å²) in [7, 11) is 1.76. The average Bonchev–Trinajstić information content (AvgIpc) is 3.01. The first-order chi connectivity index (χ1) is 10.5. The van der Waals surface area contributed by atoms with E-state index >= 15 is 0 Å². The van der Waals surface area contributed by atoms with Crippen LogP contribution in [0.2, 0.25) is 5.02 Å². The predicted octanol–water partition coefficient (Wildman–Crippen LogP) is 3.58. The van der Waals surface area contributed by atoms with Crippen molar-refractivity contribution in [1.82, 2.24) is 10.6 Å². The largest absolute Gasteiger partial charge is 0.467 e. The zero-order chi connectivity index (χ0) is 16.0. The van der Waals surface area contributed by atoms with Gasteiger partial charge >= 0.3 is 0 Å². The van der Waals surface area contributed by atoms with Gasteiger partial charge in [-0.15, -0.1) is 0 Å². The molecule has 0 aliphatic carbocycles. The van der Waals surface area contributed by atoms with E-state index in [1.807, 2.05) is 24.3 Å². The lowest BCUT2D eigenvalue weighted by Crippen LogP contribution is -2.43. The van der Waals surface area contributed by atoms with Gasteiger partial charge in [-0.3, -0.25) is 4.99 Å². The molecule has 0 fully saturated rings. The van der Waals surface area contributed by atoms with Crippen molar-refractivity contribution in [2.75, 3.05) is 13.6 Å². The Labute approximate surface area is 136 Å². The van der Waals surface area contributed by atoms with E-state index in [9.17, 15) is 0 Å². The molecule has 0 saturated heterocycles. The average molecular weight is 320 g/mol. The third kappa shape index (κ3) is 4.53. The topological polar surface area (TPSA) is 49.6 Å². The second kappa shape index (κ2) is 7.36. The Bertz CT molecular complexity index is 603. The Balaban J connectivity index is 1.90. The van der Waals surface area contributed by atoms with Crippen molar-refractivity contribution in [3.63, 3.8) is 0 Å². The number of benzene rings is 1. The highest BCUT2D eigenvalue weighted by molar-refractivity contribution is 6.30. The van der Waals surface area contributed by atoms with Crippen LogP contribution in [0.1, 0.15) is 25.2 Å². The molecule has 0 unspecified atom stereocenters. The molecule has 0 atom stereocenters. The molecule has 5 heteroatoms. The zero-order valence-corrected chi connectivity index (χ0v) is 13.9. The van der Waals surface area contributed by atoms with Crippen LogP contribution in [0.4, 0.5) is 0 Å². The van der Waals surface area contributed by atoms with Crippen molar-refractivity contribution in [3.8, 4) is 0 Å². The summed E-state index contributed by atoms with van der Waals surface area (Å²) in [5, 5.41) is 7.33. The van der Waals surface area contributed by atoms with E-state index in [1.54, 1.807) is 13.3 Å². The van der Waals surface area contributed by atoms with Crippen molar-refractivity contribution in [1.29, 1.82) is 0 Å². The lowest BCUT2D eigenvalue weighted by molar-refractivity contribution is 0.492. The number of aliphatic imine (C=N–C) groups is 1. The monoisotopic (exact) mass is 319 g/mol. The van der Waals surface area contributed by atoms with E-state index in [0.717, 1.165) is 23.3 Å². The van der Waals surface area contributed by atoms with Crippen LogP contribution in [-0.2, 0) is 12.0 Å². The molecule has 22 heavy (non-hydrogen) atoms. The van der Waals surface area contributed by atoms with E-state index < -0.39 is 0 Å². The SMILES string of the molecule is CN=C(NCc1ccco1)NCC(C)(C)c1ccc(Cl)cc1. The first-order valence-electron chi connectivity index (χ1n) is 7.24. The van der Waals surface area contributed by atoms with Crippen molar-refractivity contribution in [2.45, 2.75) is 25.8 Å². The van der Waals surface area contributed by atoms with E-state index in [2.05, 4.69) is 41.6 Å². The molecule has 2 N–H and O–H groups in total. The summed E-state index contributed by atoms with van der Waals surface area (Å²) < 4.78 is 5.30. The Morgan fingerprint density at radius 1 is 1.18 bits per heavy atom. The Hall–Kier alpha value is -1.94. The fraction of sp³-hybridized carbons (Fsp3) is 0.353. The summed E-state index contributed by atoms with van der Waals surface area (Å²) in [6.07, 6.45) is 1.66. The molecule has 0 amide bonds. The van der Waals surface area contributed by atoms with Gasteiger partial charge in [0, 0.05) is 24.0 Å². The summed E-state index contributed by atoms with van der Waals surface area (Å²) >= 11 is 5.95. The van der Waals surface area contributed by atoms with Gasteiger partial charge in [0.2, 0.25) is 0 Å². The highest BCUT2D eigenvalue weighted by Gasteiger charge is 2.20. The molecule has 118 valence electrons. The Morgan fingerprint density at radius 3 is 2.50 bits per heavy atom. The van der Waals surface area contributed by atoms with Gasteiger partial charge < -0.3 is 15.1 Å². The highest BCUT2D eigenvalue weighted by atomic mass is 35.5. The normalized spacial score (nSPS) is 12.3. The van der Waals surface area contributed by atoms with Gasteiger partial charge in [0.1, 0.15) is 5.76 Å². The maximum Gasteiger partial charge on any atom is 0.191 e. The number of rotatable bonds is 5. The molecule has 1 heterocycles. The predicted molar refractivity (Wildman–Crippen MR) is 91.4 cm³/mol. The Morgan fingerprint density at radius 2 is 1.91 bits per heavy atom. The Kier molecular flexibility index (Phi) is 5.50. The second-order valence-electron chi connectivity index (χ2n) is 5.75. The fourth-order valence-electron chi connectivity index (χ4n) is 2.11. The van der Waals surface area contributed by atoms with Crippen LogP contribution in [0.3, 0.4) is 0 Å².